The van der Waals surface area contributed by atoms with E-state index in [4.69, 9.17) is 14.2 Å². The molecule has 28 heavy (non-hydrogen) atoms. The Labute approximate surface area is 174 Å². The van der Waals surface area contributed by atoms with Crippen LogP contribution in [0.2, 0.25) is 0 Å². The molecular weight excluding hydrogens is 368 g/mol. The van der Waals surface area contributed by atoms with Gasteiger partial charge in [0.15, 0.2) is 0 Å². The second-order valence-corrected chi connectivity index (χ2v) is 11.4. The van der Waals surface area contributed by atoms with Crippen molar-refractivity contribution in [3.05, 3.63) is 18.2 Å². The molecule has 2 aliphatic heterocycles. The minimum absolute atomic E-state index is 0.0793. The zero-order chi connectivity index (χ0) is 20.2. The second kappa shape index (κ2) is 7.12. The van der Waals surface area contributed by atoms with Crippen LogP contribution in [-0.2, 0) is 4.74 Å². The third-order valence-corrected chi connectivity index (χ3v) is 9.03. The molecule has 5 rings (SSSR count). The predicted molar refractivity (Wildman–Crippen MR) is 116 cm³/mol. The van der Waals surface area contributed by atoms with Crippen LogP contribution in [0.4, 0.5) is 0 Å². The van der Waals surface area contributed by atoms with E-state index in [-0.39, 0.29) is 5.60 Å². The van der Waals surface area contributed by atoms with Crippen molar-refractivity contribution in [3.8, 4) is 11.5 Å². The van der Waals surface area contributed by atoms with Gasteiger partial charge in [0.25, 0.3) is 0 Å². The van der Waals surface area contributed by atoms with Gasteiger partial charge in [-0.25, -0.2) is 0 Å². The monoisotopic (exact) mass is 404 g/mol. The quantitative estimate of drug-likeness (QED) is 0.528. The summed E-state index contributed by atoms with van der Waals surface area (Å²) >= 11 is 1.91. The average molecular weight is 405 g/mol. The van der Waals surface area contributed by atoms with E-state index in [1.807, 2.05) is 17.8 Å². The van der Waals surface area contributed by atoms with Crippen LogP contribution in [-0.4, -0.2) is 31.7 Å². The largest absolute Gasteiger partial charge is 0.497 e. The first-order valence-electron chi connectivity index (χ1n) is 10.8. The molecule has 3 nitrogen and oxygen atoms in total. The Balaban J connectivity index is 1.49. The molecule has 0 N–H and O–H groups in total. The van der Waals surface area contributed by atoms with Gasteiger partial charge in [-0.15, -0.1) is 11.8 Å². The topological polar surface area (TPSA) is 27.7 Å². The van der Waals surface area contributed by atoms with Crippen LogP contribution < -0.4 is 9.47 Å². The highest BCUT2D eigenvalue weighted by Gasteiger charge is 2.68. The van der Waals surface area contributed by atoms with E-state index in [1.54, 1.807) is 14.2 Å². The minimum Gasteiger partial charge on any atom is -0.497 e. The normalized spacial score (nSPS) is 38.3. The predicted octanol–water partition coefficient (Wildman–Crippen LogP) is 6.20. The Morgan fingerprint density at radius 2 is 1.68 bits per heavy atom. The van der Waals surface area contributed by atoms with Crippen molar-refractivity contribution in [3.63, 3.8) is 0 Å². The molecule has 5 atom stereocenters. The van der Waals surface area contributed by atoms with Gasteiger partial charge in [-0.05, 0) is 66.7 Å². The minimum atomic E-state index is 0.0793. The molecule has 0 amide bonds. The first-order valence-corrected chi connectivity index (χ1v) is 11.7. The zero-order valence-electron chi connectivity index (χ0n) is 18.3. The van der Waals surface area contributed by atoms with Gasteiger partial charge in [0.2, 0.25) is 0 Å². The van der Waals surface area contributed by atoms with E-state index in [9.17, 15) is 0 Å². The second-order valence-electron chi connectivity index (χ2n) is 10.2. The van der Waals surface area contributed by atoms with Crippen LogP contribution in [0.25, 0.3) is 0 Å². The lowest BCUT2D eigenvalue weighted by molar-refractivity contribution is -0.346. The standard InChI is InChI=1S/C24H36O3S/c1-22(2)9-7-10-23(3)20(24(4)15-19(27-24)21(22)23)8-11-28-18-13-16(25-5)12-17(14-18)26-6/h12-14,19-21H,7-11,15H2,1-6H3/t19?,20-,21+,23-,24+/m1/s1. The Morgan fingerprint density at radius 1 is 1.04 bits per heavy atom. The summed E-state index contributed by atoms with van der Waals surface area (Å²) in [4.78, 5) is 1.22. The van der Waals surface area contributed by atoms with E-state index in [0.29, 0.717) is 28.8 Å². The van der Waals surface area contributed by atoms with E-state index < -0.39 is 0 Å². The lowest BCUT2D eigenvalue weighted by Crippen LogP contribution is -2.72. The Bertz CT molecular complexity index is 702. The lowest BCUT2D eigenvalue weighted by atomic mass is 9.42. The molecule has 2 heterocycles. The van der Waals surface area contributed by atoms with Crippen LogP contribution in [0, 0.1) is 22.7 Å². The molecule has 4 fully saturated rings. The fourth-order valence-electron chi connectivity index (χ4n) is 7.09. The highest BCUT2D eigenvalue weighted by molar-refractivity contribution is 7.99. The van der Waals surface area contributed by atoms with Gasteiger partial charge in [-0.3, -0.25) is 0 Å². The SMILES string of the molecule is COc1cc(OC)cc(SCC[C@@H]2[C@@]3(C)CCCC(C)(C)[C@@H]3C3C[C@]2(C)O3)c1. The molecule has 0 radical (unpaired) electrons. The highest BCUT2D eigenvalue weighted by Crippen LogP contribution is 2.68. The number of ether oxygens (including phenoxy) is 3. The van der Waals surface area contributed by atoms with E-state index in [1.165, 1.54) is 37.0 Å². The first-order chi connectivity index (χ1) is 13.2. The maximum absolute atomic E-state index is 6.57. The van der Waals surface area contributed by atoms with Gasteiger partial charge in [0.1, 0.15) is 11.5 Å². The van der Waals surface area contributed by atoms with Gasteiger partial charge in [-0.2, -0.15) is 0 Å². The molecule has 0 aromatic heterocycles. The Morgan fingerprint density at radius 3 is 2.29 bits per heavy atom. The summed E-state index contributed by atoms with van der Waals surface area (Å²) in [6.07, 6.45) is 7.00. The maximum Gasteiger partial charge on any atom is 0.123 e. The van der Waals surface area contributed by atoms with Gasteiger partial charge >= 0.3 is 0 Å². The number of thioether (sulfide) groups is 1. The third-order valence-electron chi connectivity index (χ3n) is 8.02. The van der Waals surface area contributed by atoms with Gasteiger partial charge in [-0.1, -0.05) is 27.2 Å². The fourth-order valence-corrected chi connectivity index (χ4v) is 8.07. The summed E-state index contributed by atoms with van der Waals surface area (Å²) in [5, 5.41) is 0. The third kappa shape index (κ3) is 3.25. The highest BCUT2D eigenvalue weighted by atomic mass is 32.2. The van der Waals surface area contributed by atoms with Gasteiger partial charge in [0.05, 0.1) is 25.9 Å². The maximum atomic E-state index is 6.57. The molecule has 156 valence electrons. The molecule has 2 bridgehead atoms. The van der Waals surface area contributed by atoms with Crippen molar-refractivity contribution in [1.82, 2.24) is 0 Å². The first kappa shape index (κ1) is 20.4. The fraction of sp³-hybridized carbons (Fsp3) is 0.750. The summed E-state index contributed by atoms with van der Waals surface area (Å²) in [6, 6.07) is 6.16. The number of methoxy groups -OCH3 is 2. The van der Waals surface area contributed by atoms with Crippen molar-refractivity contribution < 1.29 is 14.2 Å². The van der Waals surface area contributed by atoms with Crippen LogP contribution in [0.3, 0.4) is 0 Å². The number of benzene rings is 1. The van der Waals surface area contributed by atoms with E-state index >= 15 is 0 Å². The van der Waals surface area contributed by atoms with Crippen LogP contribution in [0.15, 0.2) is 23.1 Å². The molecular formula is C24H36O3S. The van der Waals surface area contributed by atoms with E-state index in [0.717, 1.165) is 17.3 Å². The number of hydrogen-bond donors (Lipinski definition) is 0. The van der Waals surface area contributed by atoms with Crippen molar-refractivity contribution in [2.24, 2.45) is 22.7 Å². The molecule has 4 aliphatic rings. The summed E-state index contributed by atoms with van der Waals surface area (Å²) < 4.78 is 17.4. The molecule has 1 aromatic carbocycles. The molecule has 1 aromatic rings. The summed E-state index contributed by atoms with van der Waals surface area (Å²) in [6.45, 7) is 9.91. The van der Waals surface area contributed by atoms with Crippen molar-refractivity contribution >= 4 is 11.8 Å². The van der Waals surface area contributed by atoms with Crippen molar-refractivity contribution in [2.75, 3.05) is 20.0 Å². The lowest BCUT2D eigenvalue weighted by Gasteiger charge is -2.71. The van der Waals surface area contributed by atoms with Gasteiger partial charge < -0.3 is 14.2 Å². The molecule has 2 saturated carbocycles. The summed E-state index contributed by atoms with van der Waals surface area (Å²) in [5.74, 6) is 4.15. The molecule has 4 heteroatoms. The zero-order valence-corrected chi connectivity index (χ0v) is 19.2. The molecule has 0 spiro atoms. The smallest absolute Gasteiger partial charge is 0.123 e. The van der Waals surface area contributed by atoms with Crippen molar-refractivity contribution in [1.29, 1.82) is 0 Å². The molecule has 2 saturated heterocycles. The van der Waals surface area contributed by atoms with E-state index in [2.05, 4.69) is 39.8 Å². The summed E-state index contributed by atoms with van der Waals surface area (Å²) in [7, 11) is 3.42. The van der Waals surface area contributed by atoms with Crippen LogP contribution in [0.1, 0.15) is 59.8 Å². The van der Waals surface area contributed by atoms with Crippen LogP contribution in [0.5, 0.6) is 11.5 Å². The summed E-state index contributed by atoms with van der Waals surface area (Å²) in [5.41, 5.74) is 0.880. The number of rotatable bonds is 6. The Hall–Kier alpha value is -0.870. The van der Waals surface area contributed by atoms with Gasteiger partial charge in [0, 0.05) is 17.4 Å². The van der Waals surface area contributed by atoms with Crippen molar-refractivity contribution in [2.45, 2.75) is 76.4 Å². The average Bonchev–Trinajstić information content (AvgIpc) is 2.61. The Kier molecular flexibility index (Phi) is 5.19. The number of hydrogen-bond acceptors (Lipinski definition) is 4. The molecule has 1 unspecified atom stereocenters. The molecule has 2 aliphatic carbocycles. The van der Waals surface area contributed by atoms with Crippen LogP contribution >= 0.6 is 11.8 Å².